The molecule has 0 heterocycles. The van der Waals surface area contributed by atoms with Crippen molar-refractivity contribution < 1.29 is 50.5 Å². The molecule has 3 N–H and O–H groups in total. The van der Waals surface area contributed by atoms with Crippen LogP contribution in [-0.2, 0) is 14.4 Å². The van der Waals surface area contributed by atoms with E-state index < -0.39 is 17.8 Å². The second-order valence-corrected chi connectivity index (χ2v) is 1.35. The van der Waals surface area contributed by atoms with E-state index in [9.17, 15) is 14.4 Å². The third-order valence-corrected chi connectivity index (χ3v) is 0.709. The molecule has 10 heavy (non-hydrogen) atoms. The molecular weight excluding hydrogens is 149 g/mol. The van der Waals surface area contributed by atoms with Gasteiger partial charge in [0.25, 0.3) is 0 Å². The molecule has 0 aliphatic rings. The van der Waals surface area contributed by atoms with E-state index in [1.807, 2.05) is 0 Å². The van der Waals surface area contributed by atoms with Gasteiger partial charge in [0.05, 0.1) is 0 Å². The number of rotatable bonds is 3. The van der Waals surface area contributed by atoms with Gasteiger partial charge in [0.1, 0.15) is 6.29 Å². The molecule has 0 aliphatic carbocycles. The number of nitrogens with two attached hydrogens (primary N) is 1. The number of primary amides is 1. The van der Waals surface area contributed by atoms with Gasteiger partial charge in [-0.3, -0.25) is 9.59 Å². The van der Waals surface area contributed by atoms with Crippen LogP contribution in [0.2, 0.25) is 0 Å². The van der Waals surface area contributed by atoms with Gasteiger partial charge in [-0.2, -0.15) is 0 Å². The first-order valence-electron chi connectivity index (χ1n) is 2.07. The van der Waals surface area contributed by atoms with Gasteiger partial charge in [-0.15, -0.1) is 0 Å². The Morgan fingerprint density at radius 1 is 1.60 bits per heavy atom. The molecule has 0 fully saturated rings. The van der Waals surface area contributed by atoms with Crippen molar-refractivity contribution in [3.8, 4) is 0 Å². The summed E-state index contributed by atoms with van der Waals surface area (Å²) in [6.07, 6.45) is -0.00926. The molecule has 6 heteroatoms. The number of carboxylic acid groups (broad SMARTS) is 1. The van der Waals surface area contributed by atoms with Gasteiger partial charge in [-0.1, -0.05) is 0 Å². The number of carboxylic acids is 1. The van der Waals surface area contributed by atoms with Crippen molar-refractivity contribution >= 4 is 18.2 Å². The third kappa shape index (κ3) is 3.60. The maximum Gasteiger partial charge on any atom is 1.00 e. The summed E-state index contributed by atoms with van der Waals surface area (Å²) in [7, 11) is 0. The molecule has 0 aliphatic heterocycles. The quantitative estimate of drug-likeness (QED) is 0.244. The Kier molecular flexibility index (Phi) is 6.64. The van der Waals surface area contributed by atoms with Crippen LogP contribution in [0.5, 0.6) is 0 Å². The van der Waals surface area contributed by atoms with E-state index in [1.54, 1.807) is 0 Å². The molecule has 0 radical (unpaired) electrons. The second-order valence-electron chi connectivity index (χ2n) is 1.35. The molecule has 0 saturated carbocycles. The van der Waals surface area contributed by atoms with E-state index in [0.29, 0.717) is 0 Å². The molecule has 1 atom stereocenters. The predicted octanol–water partition coefficient (Wildman–Crippen LogP) is -4.51. The monoisotopic (exact) mass is 155 g/mol. The van der Waals surface area contributed by atoms with Crippen LogP contribution < -0.4 is 35.3 Å². The van der Waals surface area contributed by atoms with Crippen molar-refractivity contribution in [2.45, 2.75) is 0 Å². The second kappa shape index (κ2) is 5.40. The number of amides is 1. The van der Waals surface area contributed by atoms with Gasteiger partial charge in [0.15, 0.2) is 5.92 Å². The molecular formula is C4H6NNaO4. The Labute approximate surface area is 80.4 Å². The van der Waals surface area contributed by atoms with Gasteiger partial charge < -0.3 is 17.1 Å². The van der Waals surface area contributed by atoms with Crippen molar-refractivity contribution in [2.75, 3.05) is 0 Å². The van der Waals surface area contributed by atoms with Crippen LogP contribution in [0.3, 0.4) is 0 Å². The number of hydrogen-bond donors (Lipinski definition) is 2. The first kappa shape index (κ1) is 12.3. The summed E-state index contributed by atoms with van der Waals surface area (Å²) in [4.78, 5) is 29.5. The molecule has 0 aromatic heterocycles. The van der Waals surface area contributed by atoms with Crippen LogP contribution in [0.15, 0.2) is 0 Å². The zero-order chi connectivity index (χ0) is 7.44. The zero-order valence-corrected chi connectivity index (χ0v) is 7.40. The molecule has 0 bridgehead atoms. The van der Waals surface area contributed by atoms with E-state index in [1.165, 1.54) is 0 Å². The molecule has 0 aromatic rings. The summed E-state index contributed by atoms with van der Waals surface area (Å²) >= 11 is 0. The Morgan fingerprint density at radius 3 is 2.00 bits per heavy atom. The zero-order valence-electron chi connectivity index (χ0n) is 6.40. The molecule has 1 amide bonds. The summed E-state index contributed by atoms with van der Waals surface area (Å²) in [5.41, 5.74) is 4.50. The number of aldehydes is 1. The number of carbonyl (C=O) groups is 3. The minimum atomic E-state index is -1.70. The molecule has 1 unspecified atom stereocenters. The SMILES string of the molecule is NC(=O)C(C=O)C(=O)O.[H-].[Na+]. The van der Waals surface area contributed by atoms with Crippen molar-refractivity contribution in [3.05, 3.63) is 0 Å². The third-order valence-electron chi connectivity index (χ3n) is 0.709. The van der Waals surface area contributed by atoms with Gasteiger partial charge in [0.2, 0.25) is 5.91 Å². The van der Waals surface area contributed by atoms with Crippen molar-refractivity contribution in [3.63, 3.8) is 0 Å². The number of aliphatic carboxylic acids is 1. The molecule has 0 aromatic carbocycles. The van der Waals surface area contributed by atoms with Crippen LogP contribution >= 0.6 is 0 Å². The maximum atomic E-state index is 9.98. The molecule has 52 valence electrons. The summed E-state index contributed by atoms with van der Waals surface area (Å²) in [6, 6.07) is 0. The molecule has 0 rings (SSSR count). The maximum absolute atomic E-state index is 9.98. The topological polar surface area (TPSA) is 97.5 Å². The van der Waals surface area contributed by atoms with Gasteiger partial charge >= 0.3 is 35.5 Å². The van der Waals surface area contributed by atoms with E-state index in [0.717, 1.165) is 0 Å². The largest absolute Gasteiger partial charge is 1.00 e. The fourth-order valence-corrected chi connectivity index (χ4v) is 0.247. The van der Waals surface area contributed by atoms with Crippen molar-refractivity contribution in [2.24, 2.45) is 11.7 Å². The van der Waals surface area contributed by atoms with E-state index >= 15 is 0 Å². The number of hydrogen-bond acceptors (Lipinski definition) is 3. The normalized spacial score (nSPS) is 10.8. The molecule has 5 nitrogen and oxygen atoms in total. The predicted molar refractivity (Wildman–Crippen MR) is 27.5 cm³/mol. The van der Waals surface area contributed by atoms with Crippen molar-refractivity contribution in [1.82, 2.24) is 0 Å². The van der Waals surface area contributed by atoms with Crippen LogP contribution in [-0.4, -0.2) is 23.3 Å². The fourth-order valence-electron chi connectivity index (χ4n) is 0.247. The molecule has 0 spiro atoms. The molecule has 0 saturated heterocycles. The standard InChI is InChI=1S/C4H5NO4.Na.H/c5-3(7)2(1-6)4(8)9;;/h1-2H,(H2,5,7)(H,8,9);;/q;+1;-1. The van der Waals surface area contributed by atoms with Crippen LogP contribution in [0.4, 0.5) is 0 Å². The summed E-state index contributed by atoms with van der Waals surface area (Å²) in [6.45, 7) is 0. The van der Waals surface area contributed by atoms with Crippen LogP contribution in [0, 0.1) is 5.92 Å². The first-order valence-corrected chi connectivity index (χ1v) is 2.07. The van der Waals surface area contributed by atoms with Crippen molar-refractivity contribution in [1.29, 1.82) is 0 Å². The smallest absolute Gasteiger partial charge is 1.00 e. The average Bonchev–Trinajstić information content (AvgIpc) is 1.64. The van der Waals surface area contributed by atoms with Crippen LogP contribution in [0.1, 0.15) is 1.43 Å². The Balaban J connectivity index is -0.000000320. The van der Waals surface area contributed by atoms with E-state index in [4.69, 9.17) is 5.11 Å². The van der Waals surface area contributed by atoms with Gasteiger partial charge in [-0.05, 0) is 0 Å². The minimum absolute atomic E-state index is 0. The van der Waals surface area contributed by atoms with Crippen LogP contribution in [0.25, 0.3) is 0 Å². The minimum Gasteiger partial charge on any atom is -1.00 e. The van der Waals surface area contributed by atoms with Gasteiger partial charge in [-0.25, -0.2) is 0 Å². The van der Waals surface area contributed by atoms with Gasteiger partial charge in [0, 0.05) is 0 Å². The summed E-state index contributed by atoms with van der Waals surface area (Å²) < 4.78 is 0. The Hall–Kier alpha value is -0.390. The Morgan fingerprint density at radius 2 is 2.00 bits per heavy atom. The summed E-state index contributed by atoms with van der Waals surface area (Å²) in [5, 5.41) is 8.01. The summed E-state index contributed by atoms with van der Waals surface area (Å²) in [5.74, 6) is -4.36. The van der Waals surface area contributed by atoms with E-state index in [2.05, 4.69) is 5.73 Å². The first-order chi connectivity index (χ1) is 4.09. The fraction of sp³-hybridized carbons (Fsp3) is 0.250. The average molecular weight is 155 g/mol. The Bertz CT molecular complexity index is 148. The van der Waals surface area contributed by atoms with E-state index in [-0.39, 0.29) is 37.3 Å². The number of carbonyl (C=O) groups excluding carboxylic acids is 2.